The molecule has 2 nitrogen and oxygen atoms in total. The molecule has 0 radical (unpaired) electrons. The van der Waals surface area contributed by atoms with Gasteiger partial charge in [0.15, 0.2) is 0 Å². The lowest BCUT2D eigenvalue weighted by Gasteiger charge is -2.09. The van der Waals surface area contributed by atoms with Gasteiger partial charge in [0.2, 0.25) is 0 Å². The van der Waals surface area contributed by atoms with Gasteiger partial charge in [-0.15, -0.1) is 0 Å². The van der Waals surface area contributed by atoms with Crippen LogP contribution in [0.1, 0.15) is 12.5 Å². The molecule has 2 heterocycles. The van der Waals surface area contributed by atoms with E-state index in [0.717, 1.165) is 17.8 Å². The Balaban J connectivity index is 1.66. The normalized spacial score (nSPS) is 11.4. The number of rotatable bonds is 3. The molecule has 0 aliphatic carbocycles. The van der Waals surface area contributed by atoms with E-state index in [2.05, 4.69) is 91.2 Å². The second kappa shape index (κ2) is 6.65. The average Bonchev–Trinajstić information content (AvgIpc) is 3.07. The fraction of sp³-hybridized carbons (Fsp3) is 0.115. The Bertz CT molecular complexity index is 1300. The molecule has 0 saturated heterocycles. The van der Waals surface area contributed by atoms with Crippen molar-refractivity contribution >= 4 is 21.8 Å². The second-order valence-corrected chi connectivity index (χ2v) is 7.24. The lowest BCUT2D eigenvalue weighted by atomic mass is 9.99. The van der Waals surface area contributed by atoms with Crippen molar-refractivity contribution in [1.29, 1.82) is 0 Å². The van der Waals surface area contributed by atoms with Gasteiger partial charge >= 0.3 is 0 Å². The molecule has 5 aromatic rings. The number of hydrogen-bond acceptors (Lipinski definition) is 1. The predicted octanol–water partition coefficient (Wildman–Crippen LogP) is 6.85. The zero-order valence-electron chi connectivity index (χ0n) is 16.2. The molecule has 0 aliphatic rings. The highest BCUT2D eigenvalue weighted by Gasteiger charge is 2.12. The zero-order valence-corrected chi connectivity index (χ0v) is 16.2. The Morgan fingerprint density at radius 1 is 0.750 bits per heavy atom. The van der Waals surface area contributed by atoms with Gasteiger partial charge in [-0.05, 0) is 49.2 Å². The first-order chi connectivity index (χ1) is 13.8. The first-order valence-electron chi connectivity index (χ1n) is 9.79. The first-order valence-corrected chi connectivity index (χ1v) is 9.79. The fourth-order valence-corrected chi connectivity index (χ4v) is 4.19. The lowest BCUT2D eigenvalue weighted by Crippen LogP contribution is -1.93. The molecule has 0 spiro atoms. The van der Waals surface area contributed by atoms with E-state index in [0.29, 0.717) is 0 Å². The molecule has 0 unspecified atom stereocenters. The van der Waals surface area contributed by atoms with Crippen LogP contribution < -0.4 is 0 Å². The largest absolute Gasteiger partial charge is 0.341 e. The molecule has 0 N–H and O–H groups in total. The van der Waals surface area contributed by atoms with Crippen molar-refractivity contribution in [1.82, 2.24) is 9.55 Å². The Morgan fingerprint density at radius 3 is 2.29 bits per heavy atom. The zero-order chi connectivity index (χ0) is 19.1. The Kier molecular flexibility index (Phi) is 3.98. The van der Waals surface area contributed by atoms with Crippen LogP contribution in [0.4, 0.5) is 0 Å². The molecule has 2 aromatic heterocycles. The highest BCUT2D eigenvalue weighted by molar-refractivity contribution is 6.09. The number of nitrogens with zero attached hydrogens (tertiary/aromatic N) is 2. The SMILES string of the molecule is CCn1c2ccccc2c2cc(-c3cnc(-c4ccccc4)cc3C)ccc21. The molecular formula is C26H22N2. The Morgan fingerprint density at radius 2 is 1.50 bits per heavy atom. The highest BCUT2D eigenvalue weighted by atomic mass is 15.0. The van der Waals surface area contributed by atoms with Crippen LogP contribution in [0.15, 0.2) is 85.1 Å². The summed E-state index contributed by atoms with van der Waals surface area (Å²) in [6, 6.07) is 28.0. The van der Waals surface area contributed by atoms with Gasteiger partial charge in [-0.1, -0.05) is 54.6 Å². The Labute approximate surface area is 165 Å². The number of pyridine rings is 1. The molecular weight excluding hydrogens is 340 g/mol. The van der Waals surface area contributed by atoms with E-state index in [-0.39, 0.29) is 0 Å². The van der Waals surface area contributed by atoms with E-state index in [1.165, 1.54) is 38.5 Å². The summed E-state index contributed by atoms with van der Waals surface area (Å²) in [4.78, 5) is 4.74. The summed E-state index contributed by atoms with van der Waals surface area (Å²) >= 11 is 0. The number of aryl methyl sites for hydroxylation is 2. The number of benzene rings is 3. The molecule has 0 atom stereocenters. The minimum Gasteiger partial charge on any atom is -0.341 e. The van der Waals surface area contributed by atoms with Crippen molar-refractivity contribution in [2.75, 3.05) is 0 Å². The minimum atomic E-state index is 0.968. The van der Waals surface area contributed by atoms with Gasteiger partial charge in [-0.2, -0.15) is 0 Å². The van der Waals surface area contributed by atoms with Gasteiger partial charge in [0, 0.05) is 45.7 Å². The molecule has 2 heteroatoms. The molecule has 136 valence electrons. The third-order valence-electron chi connectivity index (χ3n) is 5.58. The molecule has 5 rings (SSSR count). The summed E-state index contributed by atoms with van der Waals surface area (Å²) in [7, 11) is 0. The van der Waals surface area contributed by atoms with Crippen molar-refractivity contribution in [3.05, 3.63) is 90.6 Å². The highest BCUT2D eigenvalue weighted by Crippen LogP contribution is 2.34. The lowest BCUT2D eigenvalue weighted by molar-refractivity contribution is 0.827. The van der Waals surface area contributed by atoms with Gasteiger partial charge in [0.1, 0.15) is 0 Å². The van der Waals surface area contributed by atoms with Crippen molar-refractivity contribution in [3.63, 3.8) is 0 Å². The van der Waals surface area contributed by atoms with Gasteiger partial charge in [-0.3, -0.25) is 4.98 Å². The van der Waals surface area contributed by atoms with Crippen LogP contribution in [0.3, 0.4) is 0 Å². The quantitative estimate of drug-likeness (QED) is 0.343. The molecule has 0 fully saturated rings. The minimum absolute atomic E-state index is 0.968. The van der Waals surface area contributed by atoms with Gasteiger partial charge in [-0.25, -0.2) is 0 Å². The standard InChI is InChI=1S/C26H22N2/c1-3-28-25-12-8-7-11-21(25)22-16-20(13-14-26(22)28)23-17-27-24(15-18(23)2)19-9-5-4-6-10-19/h4-17H,3H2,1-2H3. The van der Waals surface area contributed by atoms with E-state index >= 15 is 0 Å². The van der Waals surface area contributed by atoms with Crippen LogP contribution in [0, 0.1) is 6.92 Å². The summed E-state index contributed by atoms with van der Waals surface area (Å²) in [5.74, 6) is 0. The van der Waals surface area contributed by atoms with Crippen LogP contribution >= 0.6 is 0 Å². The molecule has 0 saturated carbocycles. The van der Waals surface area contributed by atoms with Crippen LogP contribution in [0.5, 0.6) is 0 Å². The summed E-state index contributed by atoms with van der Waals surface area (Å²) in [6.45, 7) is 5.34. The topological polar surface area (TPSA) is 17.8 Å². The fourth-order valence-electron chi connectivity index (χ4n) is 4.19. The maximum absolute atomic E-state index is 4.74. The predicted molar refractivity (Wildman–Crippen MR) is 119 cm³/mol. The maximum atomic E-state index is 4.74. The molecule has 0 amide bonds. The third kappa shape index (κ3) is 2.61. The van der Waals surface area contributed by atoms with E-state index < -0.39 is 0 Å². The molecule has 0 aliphatic heterocycles. The van der Waals surface area contributed by atoms with Crippen LogP contribution in [0.2, 0.25) is 0 Å². The van der Waals surface area contributed by atoms with E-state index in [1.807, 2.05) is 12.3 Å². The van der Waals surface area contributed by atoms with Crippen LogP contribution in [-0.2, 0) is 6.54 Å². The van der Waals surface area contributed by atoms with Crippen molar-refractivity contribution in [2.24, 2.45) is 0 Å². The molecule has 0 bridgehead atoms. The first kappa shape index (κ1) is 16.8. The van der Waals surface area contributed by atoms with Crippen molar-refractivity contribution in [3.8, 4) is 22.4 Å². The van der Waals surface area contributed by atoms with Gasteiger partial charge < -0.3 is 4.57 Å². The number of fused-ring (bicyclic) bond motifs is 3. The van der Waals surface area contributed by atoms with Gasteiger partial charge in [0.25, 0.3) is 0 Å². The molecule has 28 heavy (non-hydrogen) atoms. The third-order valence-corrected chi connectivity index (χ3v) is 5.58. The number of aromatic nitrogens is 2. The van der Waals surface area contributed by atoms with E-state index in [4.69, 9.17) is 4.98 Å². The smallest absolute Gasteiger partial charge is 0.0705 e. The van der Waals surface area contributed by atoms with Crippen LogP contribution in [0.25, 0.3) is 44.2 Å². The van der Waals surface area contributed by atoms with E-state index in [1.54, 1.807) is 0 Å². The summed E-state index contributed by atoms with van der Waals surface area (Å²) in [6.07, 6.45) is 2.01. The van der Waals surface area contributed by atoms with Crippen molar-refractivity contribution < 1.29 is 0 Å². The van der Waals surface area contributed by atoms with Crippen molar-refractivity contribution in [2.45, 2.75) is 20.4 Å². The maximum Gasteiger partial charge on any atom is 0.0705 e. The average molecular weight is 362 g/mol. The Hall–Kier alpha value is -3.39. The summed E-state index contributed by atoms with van der Waals surface area (Å²) < 4.78 is 2.39. The molecule has 3 aromatic carbocycles. The monoisotopic (exact) mass is 362 g/mol. The summed E-state index contributed by atoms with van der Waals surface area (Å²) in [5.41, 5.74) is 8.41. The number of hydrogen-bond donors (Lipinski definition) is 0. The van der Waals surface area contributed by atoms with Gasteiger partial charge in [0.05, 0.1) is 5.69 Å². The summed E-state index contributed by atoms with van der Waals surface area (Å²) in [5, 5.41) is 2.62. The second-order valence-electron chi connectivity index (χ2n) is 7.24. The van der Waals surface area contributed by atoms with Crippen LogP contribution in [-0.4, -0.2) is 9.55 Å². The number of para-hydroxylation sites is 1. The van der Waals surface area contributed by atoms with E-state index in [9.17, 15) is 0 Å².